The van der Waals surface area contributed by atoms with Crippen molar-refractivity contribution < 1.29 is 27.8 Å². The molecule has 0 amide bonds. The van der Waals surface area contributed by atoms with Crippen LogP contribution in [0.3, 0.4) is 0 Å². The number of benzene rings is 2. The summed E-state index contributed by atoms with van der Waals surface area (Å²) in [5.74, 6) is -1.59. The third-order valence-electron chi connectivity index (χ3n) is 3.07. The minimum atomic E-state index is -3.06. The van der Waals surface area contributed by atoms with Crippen LogP contribution in [-0.4, -0.2) is 31.2 Å². The zero-order valence-electron chi connectivity index (χ0n) is 12.7. The van der Waals surface area contributed by atoms with Crippen molar-refractivity contribution in [1.29, 1.82) is 0 Å². The summed E-state index contributed by atoms with van der Waals surface area (Å²) >= 11 is 1.54. The summed E-state index contributed by atoms with van der Waals surface area (Å²) in [5.41, 5.74) is 0.237. The van der Waals surface area contributed by atoms with E-state index in [0.717, 1.165) is 4.90 Å². The Labute approximate surface area is 141 Å². The number of hydrogen-bond donors (Lipinski definition) is 0. The average Bonchev–Trinajstić information content (AvgIpc) is 2.59. The first-order valence-corrected chi connectivity index (χ1v) is 8.12. The Hall–Kier alpha value is -2.41. The molecule has 0 spiro atoms. The Morgan fingerprint density at radius 3 is 2.38 bits per heavy atom. The van der Waals surface area contributed by atoms with Crippen LogP contribution in [-0.2, 0) is 4.74 Å². The van der Waals surface area contributed by atoms with Crippen LogP contribution >= 0.6 is 11.8 Å². The maximum atomic E-state index is 12.3. The molecule has 0 saturated carbocycles. The lowest BCUT2D eigenvalue weighted by Crippen LogP contribution is -2.15. The third kappa shape index (κ3) is 4.79. The lowest BCUT2D eigenvalue weighted by Gasteiger charge is -2.10. The standard InChI is InChI=1S/C17H14F2O4S/c1-24-12-8-6-11(7-9-12)14(20)10-22-16(21)13-4-2-3-5-15(13)23-17(18)19/h2-9,17H,10H2,1H3. The van der Waals surface area contributed by atoms with E-state index in [1.165, 1.54) is 36.0 Å². The molecule has 0 fully saturated rings. The van der Waals surface area contributed by atoms with Crippen LogP contribution in [0.1, 0.15) is 20.7 Å². The van der Waals surface area contributed by atoms with Crippen molar-refractivity contribution in [1.82, 2.24) is 0 Å². The molecule has 0 aliphatic carbocycles. The number of ketones is 1. The number of halogens is 2. The van der Waals surface area contributed by atoms with Gasteiger partial charge in [-0.1, -0.05) is 24.3 Å². The molecule has 2 aromatic carbocycles. The van der Waals surface area contributed by atoms with E-state index in [0.29, 0.717) is 5.56 Å². The number of thioether (sulfide) groups is 1. The van der Waals surface area contributed by atoms with E-state index < -0.39 is 19.2 Å². The van der Waals surface area contributed by atoms with Gasteiger partial charge in [-0.05, 0) is 30.5 Å². The van der Waals surface area contributed by atoms with Gasteiger partial charge in [-0.3, -0.25) is 4.79 Å². The molecule has 0 bridgehead atoms. The van der Waals surface area contributed by atoms with Crippen molar-refractivity contribution in [2.75, 3.05) is 12.9 Å². The van der Waals surface area contributed by atoms with E-state index in [1.54, 1.807) is 24.3 Å². The molecule has 126 valence electrons. The van der Waals surface area contributed by atoms with Gasteiger partial charge in [0.25, 0.3) is 0 Å². The normalized spacial score (nSPS) is 10.5. The number of rotatable bonds is 7. The number of Topliss-reactive ketones (excluding diaryl/α,β-unsaturated/α-hetero) is 1. The van der Waals surface area contributed by atoms with Crippen LogP contribution in [0.25, 0.3) is 0 Å². The topological polar surface area (TPSA) is 52.6 Å². The van der Waals surface area contributed by atoms with Gasteiger partial charge in [0.15, 0.2) is 12.4 Å². The van der Waals surface area contributed by atoms with Crippen molar-refractivity contribution in [3.63, 3.8) is 0 Å². The van der Waals surface area contributed by atoms with Gasteiger partial charge in [0, 0.05) is 10.5 Å². The summed E-state index contributed by atoms with van der Waals surface area (Å²) in [4.78, 5) is 25.0. The zero-order valence-corrected chi connectivity index (χ0v) is 13.5. The minimum absolute atomic E-state index is 0.164. The quantitative estimate of drug-likeness (QED) is 0.427. The molecule has 0 heterocycles. The molecule has 0 N–H and O–H groups in total. The Balaban J connectivity index is 2.01. The Morgan fingerprint density at radius 1 is 1.08 bits per heavy atom. The third-order valence-corrected chi connectivity index (χ3v) is 3.81. The fourth-order valence-electron chi connectivity index (χ4n) is 1.90. The second-order valence-corrected chi connectivity index (χ2v) is 5.48. The highest BCUT2D eigenvalue weighted by Crippen LogP contribution is 2.21. The van der Waals surface area contributed by atoms with E-state index >= 15 is 0 Å². The predicted octanol–water partition coefficient (Wildman–Crippen LogP) is 4.05. The Bertz CT molecular complexity index is 717. The van der Waals surface area contributed by atoms with Gasteiger partial charge in [0.2, 0.25) is 0 Å². The van der Waals surface area contributed by atoms with Crippen LogP contribution < -0.4 is 4.74 Å². The molecule has 0 aliphatic heterocycles. The molecule has 0 aromatic heterocycles. The number of esters is 1. The molecule has 0 saturated heterocycles. The van der Waals surface area contributed by atoms with Gasteiger partial charge in [-0.2, -0.15) is 8.78 Å². The molecular formula is C17H14F2O4S. The van der Waals surface area contributed by atoms with Gasteiger partial charge in [-0.25, -0.2) is 4.79 Å². The monoisotopic (exact) mass is 352 g/mol. The van der Waals surface area contributed by atoms with Gasteiger partial charge in [0.1, 0.15) is 11.3 Å². The van der Waals surface area contributed by atoms with Crippen LogP contribution in [0, 0.1) is 0 Å². The molecule has 0 atom stereocenters. The summed E-state index contributed by atoms with van der Waals surface area (Å²) in [5, 5.41) is 0. The molecule has 0 aliphatic rings. The fourth-order valence-corrected chi connectivity index (χ4v) is 2.31. The van der Waals surface area contributed by atoms with E-state index in [4.69, 9.17) is 4.74 Å². The molecule has 0 unspecified atom stereocenters. The van der Waals surface area contributed by atoms with E-state index in [-0.39, 0.29) is 17.1 Å². The summed E-state index contributed by atoms with van der Waals surface area (Å²) in [6.07, 6.45) is 1.91. The summed E-state index contributed by atoms with van der Waals surface area (Å²) in [6.45, 7) is -3.55. The van der Waals surface area contributed by atoms with Crippen molar-refractivity contribution in [3.8, 4) is 5.75 Å². The predicted molar refractivity (Wildman–Crippen MR) is 85.9 cm³/mol. The number of ether oxygens (including phenoxy) is 2. The van der Waals surface area contributed by atoms with Crippen LogP contribution in [0.5, 0.6) is 5.75 Å². The molecule has 2 aromatic rings. The van der Waals surface area contributed by atoms with Gasteiger partial charge < -0.3 is 9.47 Å². The Morgan fingerprint density at radius 2 is 1.75 bits per heavy atom. The lowest BCUT2D eigenvalue weighted by molar-refractivity contribution is -0.0504. The molecular weight excluding hydrogens is 338 g/mol. The zero-order chi connectivity index (χ0) is 17.5. The van der Waals surface area contributed by atoms with Crippen molar-refractivity contribution in [2.45, 2.75) is 11.5 Å². The molecule has 4 nitrogen and oxygen atoms in total. The van der Waals surface area contributed by atoms with Crippen LogP contribution in [0.15, 0.2) is 53.4 Å². The second kappa shape index (κ2) is 8.44. The van der Waals surface area contributed by atoms with Crippen molar-refractivity contribution >= 4 is 23.5 Å². The minimum Gasteiger partial charge on any atom is -0.454 e. The lowest BCUT2D eigenvalue weighted by atomic mass is 10.1. The summed E-state index contributed by atoms with van der Waals surface area (Å²) in [7, 11) is 0. The number of para-hydroxylation sites is 1. The number of alkyl halides is 2. The van der Waals surface area contributed by atoms with E-state index in [1.807, 2.05) is 6.26 Å². The van der Waals surface area contributed by atoms with Crippen molar-refractivity contribution in [3.05, 3.63) is 59.7 Å². The number of hydrogen-bond acceptors (Lipinski definition) is 5. The maximum absolute atomic E-state index is 12.3. The van der Waals surface area contributed by atoms with E-state index in [9.17, 15) is 18.4 Å². The van der Waals surface area contributed by atoms with E-state index in [2.05, 4.69) is 4.74 Å². The number of carbonyl (C=O) groups excluding carboxylic acids is 2. The van der Waals surface area contributed by atoms with Gasteiger partial charge in [-0.15, -0.1) is 11.8 Å². The second-order valence-electron chi connectivity index (χ2n) is 4.60. The first kappa shape index (κ1) is 17.9. The highest BCUT2D eigenvalue weighted by Gasteiger charge is 2.18. The highest BCUT2D eigenvalue weighted by molar-refractivity contribution is 7.98. The molecule has 24 heavy (non-hydrogen) atoms. The summed E-state index contributed by atoms with van der Waals surface area (Å²) in [6, 6.07) is 12.3. The smallest absolute Gasteiger partial charge is 0.387 e. The fraction of sp³-hybridized carbons (Fsp3) is 0.176. The van der Waals surface area contributed by atoms with Gasteiger partial charge in [0.05, 0.1) is 0 Å². The molecule has 0 radical (unpaired) electrons. The van der Waals surface area contributed by atoms with Gasteiger partial charge >= 0.3 is 12.6 Å². The molecule has 7 heteroatoms. The average molecular weight is 352 g/mol. The maximum Gasteiger partial charge on any atom is 0.387 e. The van der Waals surface area contributed by atoms with Crippen LogP contribution in [0.4, 0.5) is 8.78 Å². The Kier molecular flexibility index (Phi) is 6.31. The summed E-state index contributed by atoms with van der Waals surface area (Å²) < 4.78 is 33.8. The molecule has 2 rings (SSSR count). The number of carbonyl (C=O) groups is 2. The first-order valence-electron chi connectivity index (χ1n) is 6.89. The first-order chi connectivity index (χ1) is 11.5. The highest BCUT2D eigenvalue weighted by atomic mass is 32.2. The SMILES string of the molecule is CSc1ccc(C(=O)COC(=O)c2ccccc2OC(F)F)cc1. The van der Waals surface area contributed by atoms with Crippen molar-refractivity contribution in [2.24, 2.45) is 0 Å². The largest absolute Gasteiger partial charge is 0.454 e. The van der Waals surface area contributed by atoms with Crippen LogP contribution in [0.2, 0.25) is 0 Å².